The van der Waals surface area contributed by atoms with Crippen LogP contribution in [0.25, 0.3) is 11.3 Å². The first kappa shape index (κ1) is 19.7. The van der Waals surface area contributed by atoms with Crippen molar-refractivity contribution in [2.45, 2.75) is 26.4 Å². The molecule has 0 fully saturated rings. The summed E-state index contributed by atoms with van der Waals surface area (Å²) in [5.74, 6) is -0.559. The summed E-state index contributed by atoms with van der Waals surface area (Å²) in [6.45, 7) is 4.74. The minimum atomic E-state index is -4.43. The Morgan fingerprint density at radius 3 is 2.35 bits per heavy atom. The molecule has 0 unspecified atom stereocenters. The Morgan fingerprint density at radius 2 is 1.85 bits per heavy atom. The Hall–Kier alpha value is -2.64. The van der Waals surface area contributed by atoms with Gasteiger partial charge in [-0.05, 0) is 24.5 Å². The van der Waals surface area contributed by atoms with Crippen LogP contribution in [0.1, 0.15) is 36.3 Å². The van der Waals surface area contributed by atoms with Gasteiger partial charge in [0.05, 0.1) is 17.5 Å². The van der Waals surface area contributed by atoms with Gasteiger partial charge in [-0.3, -0.25) is 0 Å². The molecule has 0 saturated heterocycles. The predicted molar refractivity (Wildman–Crippen MR) is 92.2 cm³/mol. The topological polar surface area (TPSA) is 66.3 Å². The molecule has 26 heavy (non-hydrogen) atoms. The average Bonchev–Trinajstić information content (AvgIpc) is 2.58. The number of carbonyl (C=O) groups is 1. The van der Waals surface area contributed by atoms with E-state index in [9.17, 15) is 23.1 Å². The van der Waals surface area contributed by atoms with Crippen LogP contribution in [0.2, 0.25) is 0 Å². The van der Waals surface area contributed by atoms with Crippen LogP contribution in [0.3, 0.4) is 0 Å². The van der Waals surface area contributed by atoms with Crippen molar-refractivity contribution in [1.29, 1.82) is 0 Å². The van der Waals surface area contributed by atoms with Crippen LogP contribution in [0.15, 0.2) is 30.5 Å². The van der Waals surface area contributed by atoms with Crippen LogP contribution in [-0.2, 0) is 6.18 Å². The molecule has 0 amide bonds. The van der Waals surface area contributed by atoms with E-state index >= 15 is 0 Å². The Morgan fingerprint density at radius 1 is 1.23 bits per heavy atom. The highest BCUT2D eigenvalue weighted by Gasteiger charge is 2.30. The van der Waals surface area contributed by atoms with E-state index in [1.54, 1.807) is 11.9 Å². The molecule has 0 spiro atoms. The molecule has 0 aliphatic carbocycles. The molecule has 2 aromatic rings. The first-order valence-electron chi connectivity index (χ1n) is 8.08. The standard InChI is InChI=1S/C18H20F3N3O2/c1-11(2)8-9-24(3)16-15(17(25)26)23-14(10-22-16)12-4-6-13(7-5-12)18(19,20)21/h4-7,10-11H,8-9H2,1-3H3,(H,25,26). The van der Waals surface area contributed by atoms with E-state index in [-0.39, 0.29) is 17.2 Å². The van der Waals surface area contributed by atoms with Gasteiger partial charge in [0, 0.05) is 19.2 Å². The fourth-order valence-corrected chi connectivity index (χ4v) is 2.33. The zero-order valence-corrected chi connectivity index (χ0v) is 14.7. The molecule has 140 valence electrons. The first-order chi connectivity index (χ1) is 12.1. The fraction of sp³-hybridized carbons (Fsp3) is 0.389. The van der Waals surface area contributed by atoms with E-state index in [0.717, 1.165) is 18.6 Å². The van der Waals surface area contributed by atoms with Gasteiger partial charge < -0.3 is 10.0 Å². The second kappa shape index (κ2) is 7.72. The Kier molecular flexibility index (Phi) is 5.84. The maximum Gasteiger partial charge on any atom is 0.416 e. The zero-order valence-electron chi connectivity index (χ0n) is 14.7. The van der Waals surface area contributed by atoms with Crippen molar-refractivity contribution < 1.29 is 23.1 Å². The van der Waals surface area contributed by atoms with E-state index < -0.39 is 17.7 Å². The number of hydrogen-bond donors (Lipinski definition) is 1. The smallest absolute Gasteiger partial charge is 0.416 e. The van der Waals surface area contributed by atoms with E-state index in [1.807, 2.05) is 0 Å². The lowest BCUT2D eigenvalue weighted by Gasteiger charge is -2.20. The number of alkyl halides is 3. The zero-order chi connectivity index (χ0) is 19.5. The number of halogens is 3. The molecular formula is C18H20F3N3O2. The number of aromatic carboxylic acids is 1. The van der Waals surface area contributed by atoms with Gasteiger partial charge >= 0.3 is 12.1 Å². The third-order valence-electron chi connectivity index (χ3n) is 3.87. The molecule has 0 bridgehead atoms. The average molecular weight is 367 g/mol. The maximum absolute atomic E-state index is 12.7. The Labute approximate surface area is 149 Å². The SMILES string of the molecule is CC(C)CCN(C)c1ncc(-c2ccc(C(F)(F)F)cc2)nc1C(=O)O. The van der Waals surface area contributed by atoms with Crippen molar-refractivity contribution in [3.63, 3.8) is 0 Å². The van der Waals surface area contributed by atoms with Crippen molar-refractivity contribution in [3.8, 4) is 11.3 Å². The van der Waals surface area contributed by atoms with Crippen molar-refractivity contribution in [3.05, 3.63) is 41.7 Å². The first-order valence-corrected chi connectivity index (χ1v) is 8.08. The molecule has 1 N–H and O–H groups in total. The van der Waals surface area contributed by atoms with Crippen molar-refractivity contribution in [2.24, 2.45) is 5.92 Å². The van der Waals surface area contributed by atoms with E-state index in [2.05, 4.69) is 23.8 Å². The molecule has 2 rings (SSSR count). The van der Waals surface area contributed by atoms with Gasteiger partial charge in [-0.2, -0.15) is 13.2 Å². The van der Waals surface area contributed by atoms with Crippen LogP contribution in [-0.4, -0.2) is 34.6 Å². The summed E-state index contributed by atoms with van der Waals surface area (Å²) in [5, 5.41) is 9.44. The van der Waals surface area contributed by atoms with Crippen LogP contribution in [0.5, 0.6) is 0 Å². The summed E-state index contributed by atoms with van der Waals surface area (Å²) in [4.78, 5) is 21.6. The van der Waals surface area contributed by atoms with E-state index in [4.69, 9.17) is 0 Å². The van der Waals surface area contributed by atoms with Crippen molar-refractivity contribution in [2.75, 3.05) is 18.5 Å². The molecule has 1 heterocycles. The third kappa shape index (κ3) is 4.71. The lowest BCUT2D eigenvalue weighted by atomic mass is 10.1. The highest BCUT2D eigenvalue weighted by Crippen LogP contribution is 2.31. The van der Waals surface area contributed by atoms with Crippen LogP contribution < -0.4 is 4.90 Å². The molecule has 1 aromatic carbocycles. The van der Waals surface area contributed by atoms with E-state index in [1.165, 1.54) is 18.3 Å². The lowest BCUT2D eigenvalue weighted by molar-refractivity contribution is -0.137. The molecule has 0 aliphatic heterocycles. The maximum atomic E-state index is 12.7. The summed E-state index contributed by atoms with van der Waals surface area (Å²) in [7, 11) is 1.73. The van der Waals surface area contributed by atoms with Gasteiger partial charge in [0.15, 0.2) is 11.5 Å². The largest absolute Gasteiger partial charge is 0.476 e. The highest BCUT2D eigenvalue weighted by atomic mass is 19.4. The number of carboxylic acids is 1. The number of hydrogen-bond acceptors (Lipinski definition) is 4. The second-order valence-corrected chi connectivity index (χ2v) is 6.41. The molecule has 8 heteroatoms. The van der Waals surface area contributed by atoms with Gasteiger partial charge in [-0.1, -0.05) is 26.0 Å². The van der Waals surface area contributed by atoms with Crippen molar-refractivity contribution >= 4 is 11.8 Å². The minimum Gasteiger partial charge on any atom is -0.476 e. The highest BCUT2D eigenvalue weighted by molar-refractivity contribution is 5.91. The summed E-state index contributed by atoms with van der Waals surface area (Å²) in [5.41, 5.74) is -0.437. The number of aromatic nitrogens is 2. The Balaban J connectivity index is 2.34. The van der Waals surface area contributed by atoms with Crippen molar-refractivity contribution in [1.82, 2.24) is 9.97 Å². The molecule has 1 aromatic heterocycles. The van der Waals surface area contributed by atoms with E-state index in [0.29, 0.717) is 18.0 Å². The Bertz CT molecular complexity index is 774. The second-order valence-electron chi connectivity index (χ2n) is 6.41. The number of nitrogens with zero attached hydrogens (tertiary/aromatic N) is 3. The third-order valence-corrected chi connectivity index (χ3v) is 3.87. The molecule has 0 aliphatic rings. The molecule has 5 nitrogen and oxygen atoms in total. The minimum absolute atomic E-state index is 0.206. The quantitative estimate of drug-likeness (QED) is 0.823. The number of benzene rings is 1. The normalized spacial score (nSPS) is 11.7. The van der Waals surface area contributed by atoms with Crippen LogP contribution >= 0.6 is 0 Å². The summed E-state index contributed by atoms with van der Waals surface area (Å²) in [6, 6.07) is 4.36. The molecule has 0 atom stereocenters. The molecule has 0 radical (unpaired) electrons. The van der Waals surface area contributed by atoms with Crippen LogP contribution in [0, 0.1) is 5.92 Å². The molecular weight excluding hydrogens is 347 g/mol. The number of anilines is 1. The summed E-state index contributed by atoms with van der Waals surface area (Å²) >= 11 is 0. The fourth-order valence-electron chi connectivity index (χ4n) is 2.33. The lowest BCUT2D eigenvalue weighted by Crippen LogP contribution is -2.24. The number of rotatable bonds is 6. The summed E-state index contributed by atoms with van der Waals surface area (Å²) < 4.78 is 38.0. The van der Waals surface area contributed by atoms with Crippen LogP contribution in [0.4, 0.5) is 19.0 Å². The van der Waals surface area contributed by atoms with Gasteiger partial charge in [0.2, 0.25) is 0 Å². The predicted octanol–water partition coefficient (Wildman–Crippen LogP) is 4.34. The van der Waals surface area contributed by atoms with Gasteiger partial charge in [0.1, 0.15) is 0 Å². The van der Waals surface area contributed by atoms with Gasteiger partial charge in [0.25, 0.3) is 0 Å². The summed E-state index contributed by atoms with van der Waals surface area (Å²) in [6.07, 6.45) is -2.20. The van der Waals surface area contributed by atoms with Gasteiger partial charge in [-0.15, -0.1) is 0 Å². The molecule has 0 saturated carbocycles. The number of carboxylic acid groups (broad SMARTS) is 1. The van der Waals surface area contributed by atoms with Gasteiger partial charge in [-0.25, -0.2) is 14.8 Å². The monoisotopic (exact) mass is 367 g/mol.